The summed E-state index contributed by atoms with van der Waals surface area (Å²) in [5.74, 6) is -0.0959. The number of thiocarbonyl (C=S) groups is 1. The average Bonchev–Trinajstić information content (AvgIpc) is 2.67. The molecule has 148 valence electrons. The summed E-state index contributed by atoms with van der Waals surface area (Å²) >= 11 is 13.7. The highest BCUT2D eigenvalue weighted by atomic mass is 32.1. The minimum absolute atomic E-state index is 0.116. The normalized spacial score (nSPS) is 11.2. The summed E-state index contributed by atoms with van der Waals surface area (Å²) in [6, 6.07) is 17.0. The Morgan fingerprint density at radius 1 is 1.00 bits per heavy atom. The standard InChI is InChI=1S/C19H22N4O2S3/c24-16(11-18(27)20-14-6-2-1-3-7-14)10-17(25)22-23-19(28)21-15-8-4-5-13(9-15)12-26/h1-9,18,20,26-27H,10-12H2,(H,22,25)(H2,21,23,28). The Morgan fingerprint density at radius 3 is 2.43 bits per heavy atom. The Hall–Kier alpha value is -2.23. The number of hydrogen-bond donors (Lipinski definition) is 6. The van der Waals surface area contributed by atoms with Crippen LogP contribution in [0, 0.1) is 0 Å². The summed E-state index contributed by atoms with van der Waals surface area (Å²) in [6.07, 6.45) is -0.150. The SMILES string of the molecule is O=C(CC(=O)NNC(=S)Nc1cccc(CS)c1)CC(S)Nc1ccccc1. The van der Waals surface area contributed by atoms with E-state index in [0.717, 1.165) is 16.9 Å². The van der Waals surface area contributed by atoms with Crippen LogP contribution in [0.15, 0.2) is 54.6 Å². The third-order valence-corrected chi connectivity index (χ3v) is 4.45. The first-order valence-electron chi connectivity index (χ1n) is 8.53. The molecule has 9 heteroatoms. The molecule has 2 aromatic carbocycles. The van der Waals surface area contributed by atoms with Crippen molar-refractivity contribution in [2.75, 3.05) is 10.6 Å². The molecular formula is C19H22N4O2S3. The van der Waals surface area contributed by atoms with Crippen LogP contribution in [-0.2, 0) is 15.3 Å². The van der Waals surface area contributed by atoms with Crippen molar-refractivity contribution in [2.24, 2.45) is 0 Å². The topological polar surface area (TPSA) is 82.3 Å². The highest BCUT2D eigenvalue weighted by Gasteiger charge is 2.14. The number of Topliss-reactive ketones (excluding diaryl/α,β-unsaturated/α-hetero) is 1. The lowest BCUT2D eigenvalue weighted by Gasteiger charge is -2.14. The molecule has 6 nitrogen and oxygen atoms in total. The summed E-state index contributed by atoms with van der Waals surface area (Å²) in [6.45, 7) is 0. The Morgan fingerprint density at radius 2 is 1.71 bits per heavy atom. The van der Waals surface area contributed by atoms with Crippen LogP contribution in [0.3, 0.4) is 0 Å². The van der Waals surface area contributed by atoms with Crippen LogP contribution in [0.2, 0.25) is 0 Å². The number of ketones is 1. The Kier molecular flexibility index (Phi) is 9.12. The van der Waals surface area contributed by atoms with Gasteiger partial charge in [0.15, 0.2) is 5.11 Å². The molecule has 0 bridgehead atoms. The molecule has 0 radical (unpaired) electrons. The molecule has 0 aliphatic rings. The van der Waals surface area contributed by atoms with Gasteiger partial charge in [-0.3, -0.25) is 20.4 Å². The molecule has 0 spiro atoms. The van der Waals surface area contributed by atoms with Crippen molar-refractivity contribution in [3.05, 3.63) is 60.2 Å². The van der Waals surface area contributed by atoms with E-state index < -0.39 is 5.91 Å². The average molecular weight is 435 g/mol. The number of thiol groups is 2. The Labute approximate surface area is 180 Å². The summed E-state index contributed by atoms with van der Waals surface area (Å²) in [7, 11) is 0. The van der Waals surface area contributed by atoms with Crippen LogP contribution in [0.4, 0.5) is 11.4 Å². The number of hydrogen-bond acceptors (Lipinski definition) is 6. The summed E-state index contributed by atoms with van der Waals surface area (Å²) < 4.78 is 0. The second-order valence-corrected chi connectivity index (χ2v) is 7.28. The first-order valence-corrected chi connectivity index (χ1v) is 10.1. The molecule has 0 aliphatic carbocycles. The maximum Gasteiger partial charge on any atom is 0.245 e. The molecular weight excluding hydrogens is 412 g/mol. The fraction of sp³-hybridized carbons (Fsp3) is 0.211. The van der Waals surface area contributed by atoms with Gasteiger partial charge in [-0.25, -0.2) is 0 Å². The van der Waals surface area contributed by atoms with Crippen LogP contribution < -0.4 is 21.5 Å². The van der Waals surface area contributed by atoms with E-state index in [0.29, 0.717) is 5.75 Å². The first-order chi connectivity index (χ1) is 13.5. The zero-order chi connectivity index (χ0) is 20.4. The lowest BCUT2D eigenvalue weighted by Crippen LogP contribution is -2.44. The van der Waals surface area contributed by atoms with Gasteiger partial charge in [-0.15, -0.1) is 0 Å². The number of carbonyl (C=O) groups excluding carboxylic acids is 2. The maximum absolute atomic E-state index is 12.0. The van der Waals surface area contributed by atoms with Gasteiger partial charge in [0, 0.05) is 23.5 Å². The lowest BCUT2D eigenvalue weighted by atomic mass is 10.2. The van der Waals surface area contributed by atoms with E-state index >= 15 is 0 Å². The van der Waals surface area contributed by atoms with Crippen molar-refractivity contribution in [1.29, 1.82) is 0 Å². The van der Waals surface area contributed by atoms with Crippen LogP contribution in [0.25, 0.3) is 0 Å². The van der Waals surface area contributed by atoms with Gasteiger partial charge in [0.2, 0.25) is 5.91 Å². The van der Waals surface area contributed by atoms with Crippen LogP contribution >= 0.6 is 37.5 Å². The van der Waals surface area contributed by atoms with Crippen molar-refractivity contribution in [2.45, 2.75) is 24.0 Å². The zero-order valence-corrected chi connectivity index (χ0v) is 17.6. The van der Waals surface area contributed by atoms with E-state index in [4.69, 9.17) is 12.2 Å². The number of anilines is 2. The maximum atomic E-state index is 12.0. The van der Waals surface area contributed by atoms with Crippen molar-refractivity contribution in [3.63, 3.8) is 0 Å². The second-order valence-electron chi connectivity index (χ2n) is 5.93. The van der Waals surface area contributed by atoms with Gasteiger partial charge in [0.05, 0.1) is 11.8 Å². The summed E-state index contributed by atoms with van der Waals surface area (Å²) in [5, 5.41) is 5.88. The van der Waals surface area contributed by atoms with Crippen molar-refractivity contribution >= 4 is 65.7 Å². The molecule has 0 saturated carbocycles. The van der Waals surface area contributed by atoms with Crippen LogP contribution in [0.5, 0.6) is 0 Å². The predicted molar refractivity (Wildman–Crippen MR) is 124 cm³/mol. The van der Waals surface area contributed by atoms with E-state index in [2.05, 4.69) is 46.7 Å². The van der Waals surface area contributed by atoms with Gasteiger partial charge in [-0.1, -0.05) is 30.3 Å². The van der Waals surface area contributed by atoms with E-state index in [-0.39, 0.29) is 29.1 Å². The highest BCUT2D eigenvalue weighted by Crippen LogP contribution is 2.13. The van der Waals surface area contributed by atoms with E-state index in [1.807, 2.05) is 54.6 Å². The third-order valence-electron chi connectivity index (χ3n) is 3.57. The van der Waals surface area contributed by atoms with E-state index in [9.17, 15) is 9.59 Å². The highest BCUT2D eigenvalue weighted by molar-refractivity contribution is 7.81. The third kappa shape index (κ3) is 8.20. The van der Waals surface area contributed by atoms with Crippen LogP contribution in [-0.4, -0.2) is 22.2 Å². The first kappa shape index (κ1) is 22.1. The summed E-state index contributed by atoms with van der Waals surface area (Å²) in [5.41, 5.74) is 7.67. The van der Waals surface area contributed by atoms with Gasteiger partial charge in [0.1, 0.15) is 5.78 Å². The Bertz CT molecular complexity index is 818. The van der Waals surface area contributed by atoms with Gasteiger partial charge >= 0.3 is 0 Å². The molecule has 2 rings (SSSR count). The smallest absolute Gasteiger partial charge is 0.245 e. The lowest BCUT2D eigenvalue weighted by molar-refractivity contribution is -0.128. The largest absolute Gasteiger partial charge is 0.373 e. The molecule has 0 aromatic heterocycles. The van der Waals surface area contributed by atoms with E-state index in [1.54, 1.807) is 0 Å². The molecule has 0 fully saturated rings. The van der Waals surface area contributed by atoms with Gasteiger partial charge < -0.3 is 10.6 Å². The summed E-state index contributed by atoms with van der Waals surface area (Å²) in [4.78, 5) is 23.9. The molecule has 0 heterocycles. The number of benzene rings is 2. The number of nitrogens with one attached hydrogen (secondary N) is 4. The molecule has 4 N–H and O–H groups in total. The minimum atomic E-state index is -0.474. The molecule has 1 unspecified atom stereocenters. The molecule has 1 amide bonds. The number of rotatable bonds is 8. The molecule has 2 aromatic rings. The fourth-order valence-electron chi connectivity index (χ4n) is 2.33. The van der Waals surface area contributed by atoms with Crippen molar-refractivity contribution in [3.8, 4) is 0 Å². The predicted octanol–water partition coefficient (Wildman–Crippen LogP) is 3.15. The fourth-order valence-corrected chi connectivity index (χ4v) is 3.04. The molecule has 28 heavy (non-hydrogen) atoms. The number of carbonyl (C=O) groups is 2. The zero-order valence-electron chi connectivity index (χ0n) is 15.0. The van der Waals surface area contributed by atoms with Crippen molar-refractivity contribution in [1.82, 2.24) is 10.9 Å². The van der Waals surface area contributed by atoms with Gasteiger partial charge in [-0.05, 0) is 42.0 Å². The molecule has 0 saturated heterocycles. The number of amides is 1. The quantitative estimate of drug-likeness (QED) is 0.126. The molecule has 0 aliphatic heterocycles. The number of hydrazine groups is 1. The number of para-hydroxylation sites is 1. The Balaban J connectivity index is 1.69. The van der Waals surface area contributed by atoms with Crippen LogP contribution in [0.1, 0.15) is 18.4 Å². The second kappa shape index (κ2) is 11.6. The van der Waals surface area contributed by atoms with E-state index in [1.165, 1.54) is 0 Å². The van der Waals surface area contributed by atoms with Gasteiger partial charge in [0.25, 0.3) is 0 Å². The van der Waals surface area contributed by atoms with Gasteiger partial charge in [-0.2, -0.15) is 25.3 Å². The monoisotopic (exact) mass is 434 g/mol. The minimum Gasteiger partial charge on any atom is -0.373 e. The molecule has 1 atom stereocenters. The van der Waals surface area contributed by atoms with Crippen molar-refractivity contribution < 1.29 is 9.59 Å².